The summed E-state index contributed by atoms with van der Waals surface area (Å²) in [5.41, 5.74) is 3.58. The summed E-state index contributed by atoms with van der Waals surface area (Å²) in [4.78, 5) is 16.8. The molecule has 2 aromatic rings. The molecular weight excluding hydrogens is 362 g/mol. The third-order valence-electron chi connectivity index (χ3n) is 4.90. The van der Waals surface area contributed by atoms with Crippen molar-refractivity contribution in [2.45, 2.75) is 32.7 Å². The number of amides is 1. The van der Waals surface area contributed by atoms with E-state index in [-0.39, 0.29) is 17.7 Å². The Kier molecular flexibility index (Phi) is 5.92. The second-order valence-corrected chi connectivity index (χ2v) is 9.14. The minimum atomic E-state index is -3.15. The van der Waals surface area contributed by atoms with E-state index in [9.17, 15) is 13.2 Å². The van der Waals surface area contributed by atoms with Crippen molar-refractivity contribution in [1.29, 1.82) is 0 Å². The van der Waals surface area contributed by atoms with Crippen LogP contribution in [0.3, 0.4) is 0 Å². The summed E-state index contributed by atoms with van der Waals surface area (Å²) in [6, 6.07) is 9.88. The number of benzene rings is 1. The van der Waals surface area contributed by atoms with Crippen LogP contribution in [0.25, 0.3) is 11.1 Å². The molecule has 6 nitrogen and oxygen atoms in total. The van der Waals surface area contributed by atoms with Gasteiger partial charge in [-0.1, -0.05) is 29.8 Å². The molecule has 0 spiro atoms. The third kappa shape index (κ3) is 4.73. The van der Waals surface area contributed by atoms with Crippen molar-refractivity contribution in [3.05, 3.63) is 53.9 Å². The van der Waals surface area contributed by atoms with Crippen LogP contribution in [0.1, 0.15) is 35.7 Å². The highest BCUT2D eigenvalue weighted by Gasteiger charge is 2.27. The number of piperidine rings is 1. The van der Waals surface area contributed by atoms with Crippen LogP contribution in [0.4, 0.5) is 0 Å². The normalized spacial score (nSPS) is 16.2. The molecule has 1 aromatic heterocycles. The van der Waals surface area contributed by atoms with Gasteiger partial charge >= 0.3 is 0 Å². The summed E-state index contributed by atoms with van der Waals surface area (Å²) >= 11 is 0. The fraction of sp³-hybridized carbons (Fsp3) is 0.400. The number of rotatable bonds is 5. The highest BCUT2D eigenvalue weighted by atomic mass is 32.2. The lowest BCUT2D eigenvalue weighted by Crippen LogP contribution is -2.46. The summed E-state index contributed by atoms with van der Waals surface area (Å²) in [5, 5.41) is 3.01. The van der Waals surface area contributed by atoms with Gasteiger partial charge in [0.05, 0.1) is 11.3 Å². The molecule has 0 saturated carbocycles. The van der Waals surface area contributed by atoms with Gasteiger partial charge in [0.25, 0.3) is 5.91 Å². The zero-order chi connectivity index (χ0) is 19.4. The van der Waals surface area contributed by atoms with Crippen molar-refractivity contribution < 1.29 is 13.2 Å². The second kappa shape index (κ2) is 8.19. The minimum Gasteiger partial charge on any atom is -0.349 e. The Morgan fingerprint density at radius 3 is 2.59 bits per heavy atom. The molecule has 7 heteroatoms. The summed E-state index contributed by atoms with van der Waals surface area (Å²) in [6.07, 6.45) is 4.55. The maximum Gasteiger partial charge on any atom is 0.253 e. The van der Waals surface area contributed by atoms with E-state index in [1.54, 1.807) is 19.3 Å². The average molecular weight is 388 g/mol. The standard InChI is InChI=1S/C20H25N3O3S/c1-3-27(25,26)23-9-7-19(8-10-23)22-20(24)18-12-17(13-21-14-18)16-6-4-5-15(2)11-16/h4-6,11-14,19H,3,7-10H2,1-2H3,(H,22,24). The van der Waals surface area contributed by atoms with Gasteiger partial charge in [-0.2, -0.15) is 0 Å². The van der Waals surface area contributed by atoms with Gasteiger partial charge in [0.2, 0.25) is 10.0 Å². The summed E-state index contributed by atoms with van der Waals surface area (Å²) in [5.74, 6) is -0.0599. The average Bonchev–Trinajstić information content (AvgIpc) is 2.68. The van der Waals surface area contributed by atoms with Crippen LogP contribution in [0.2, 0.25) is 0 Å². The Morgan fingerprint density at radius 2 is 1.93 bits per heavy atom. The van der Waals surface area contributed by atoms with Gasteiger partial charge in [0.1, 0.15) is 0 Å². The van der Waals surface area contributed by atoms with Crippen LogP contribution in [0, 0.1) is 6.92 Å². The summed E-state index contributed by atoms with van der Waals surface area (Å²) < 4.78 is 25.4. The van der Waals surface area contributed by atoms with Crippen LogP contribution in [-0.4, -0.2) is 48.5 Å². The monoisotopic (exact) mass is 387 g/mol. The lowest BCUT2D eigenvalue weighted by Gasteiger charge is -2.31. The number of aromatic nitrogens is 1. The lowest BCUT2D eigenvalue weighted by molar-refractivity contribution is 0.0923. The first kappa shape index (κ1) is 19.5. The number of sulfonamides is 1. The highest BCUT2D eigenvalue weighted by molar-refractivity contribution is 7.89. The third-order valence-corrected chi connectivity index (χ3v) is 6.78. The molecule has 1 aliphatic rings. The van der Waals surface area contributed by atoms with E-state index in [0.717, 1.165) is 16.7 Å². The first-order chi connectivity index (χ1) is 12.9. The number of hydrogen-bond acceptors (Lipinski definition) is 4. The molecular formula is C20H25N3O3S. The van der Waals surface area contributed by atoms with E-state index >= 15 is 0 Å². The van der Waals surface area contributed by atoms with E-state index in [1.807, 2.05) is 31.2 Å². The first-order valence-electron chi connectivity index (χ1n) is 9.20. The number of hydrogen-bond donors (Lipinski definition) is 1. The molecule has 1 fully saturated rings. The molecule has 144 valence electrons. The number of aryl methyl sites for hydroxylation is 1. The van der Waals surface area contributed by atoms with Crippen molar-refractivity contribution in [1.82, 2.24) is 14.6 Å². The number of nitrogens with zero attached hydrogens (tertiary/aromatic N) is 2. The maximum absolute atomic E-state index is 12.6. The van der Waals surface area contributed by atoms with Gasteiger partial charge in [-0.3, -0.25) is 9.78 Å². The number of carbonyl (C=O) groups excluding carboxylic acids is 1. The molecule has 2 heterocycles. The minimum absolute atomic E-state index is 0.0246. The molecule has 0 radical (unpaired) electrons. The van der Waals surface area contributed by atoms with E-state index in [2.05, 4.69) is 16.4 Å². The smallest absolute Gasteiger partial charge is 0.253 e. The SMILES string of the molecule is CCS(=O)(=O)N1CCC(NC(=O)c2cncc(-c3cccc(C)c3)c2)CC1. The Hall–Kier alpha value is -2.25. The predicted octanol–water partition coefficient (Wildman–Crippen LogP) is 2.60. The van der Waals surface area contributed by atoms with Crippen molar-refractivity contribution in [3.8, 4) is 11.1 Å². The van der Waals surface area contributed by atoms with Crippen molar-refractivity contribution >= 4 is 15.9 Å². The molecule has 0 unspecified atom stereocenters. The zero-order valence-electron chi connectivity index (χ0n) is 15.7. The van der Waals surface area contributed by atoms with Gasteiger partial charge in [-0.05, 0) is 38.3 Å². The Labute approximate surface area is 160 Å². The molecule has 1 N–H and O–H groups in total. The lowest BCUT2D eigenvalue weighted by atomic mass is 10.0. The van der Waals surface area contributed by atoms with E-state index in [4.69, 9.17) is 0 Å². The second-order valence-electron chi connectivity index (χ2n) is 6.88. The Balaban J connectivity index is 1.65. The molecule has 0 bridgehead atoms. The summed E-state index contributed by atoms with van der Waals surface area (Å²) in [7, 11) is -3.15. The predicted molar refractivity (Wildman–Crippen MR) is 106 cm³/mol. The molecule has 3 rings (SSSR count). The molecule has 0 aliphatic carbocycles. The number of nitrogens with one attached hydrogen (secondary N) is 1. The molecule has 27 heavy (non-hydrogen) atoms. The zero-order valence-corrected chi connectivity index (χ0v) is 16.5. The van der Waals surface area contributed by atoms with E-state index < -0.39 is 10.0 Å². The van der Waals surface area contributed by atoms with Gasteiger partial charge in [-0.15, -0.1) is 0 Å². The van der Waals surface area contributed by atoms with Crippen molar-refractivity contribution in [3.63, 3.8) is 0 Å². The fourth-order valence-electron chi connectivity index (χ4n) is 3.28. The fourth-order valence-corrected chi connectivity index (χ4v) is 4.41. The van der Waals surface area contributed by atoms with Crippen LogP contribution >= 0.6 is 0 Å². The van der Waals surface area contributed by atoms with Gasteiger partial charge in [0, 0.05) is 37.1 Å². The van der Waals surface area contributed by atoms with Gasteiger partial charge in [0.15, 0.2) is 0 Å². The van der Waals surface area contributed by atoms with Gasteiger partial charge < -0.3 is 5.32 Å². The molecule has 1 saturated heterocycles. The molecule has 1 aromatic carbocycles. The first-order valence-corrected chi connectivity index (χ1v) is 10.8. The highest BCUT2D eigenvalue weighted by Crippen LogP contribution is 2.21. The Morgan fingerprint density at radius 1 is 1.19 bits per heavy atom. The Bertz CT molecular complexity index is 920. The van der Waals surface area contributed by atoms with Crippen LogP contribution < -0.4 is 5.32 Å². The topological polar surface area (TPSA) is 79.4 Å². The quantitative estimate of drug-likeness (QED) is 0.855. The van der Waals surface area contributed by atoms with Crippen LogP contribution in [0.5, 0.6) is 0 Å². The maximum atomic E-state index is 12.6. The van der Waals surface area contributed by atoms with Crippen molar-refractivity contribution in [2.75, 3.05) is 18.8 Å². The van der Waals surface area contributed by atoms with E-state index in [0.29, 0.717) is 31.5 Å². The van der Waals surface area contributed by atoms with Gasteiger partial charge in [-0.25, -0.2) is 12.7 Å². The van der Waals surface area contributed by atoms with Crippen molar-refractivity contribution in [2.24, 2.45) is 0 Å². The molecule has 0 atom stereocenters. The van der Waals surface area contributed by atoms with E-state index in [1.165, 1.54) is 4.31 Å². The molecule has 1 amide bonds. The summed E-state index contributed by atoms with van der Waals surface area (Å²) in [6.45, 7) is 4.57. The molecule has 1 aliphatic heterocycles. The van der Waals surface area contributed by atoms with Crippen LogP contribution in [-0.2, 0) is 10.0 Å². The number of carbonyl (C=O) groups is 1. The van der Waals surface area contributed by atoms with Crippen LogP contribution in [0.15, 0.2) is 42.7 Å². The largest absolute Gasteiger partial charge is 0.349 e. The number of pyridine rings is 1.